The first-order valence-electron chi connectivity index (χ1n) is 5.53. The zero-order chi connectivity index (χ0) is 16.5. The van der Waals surface area contributed by atoms with Crippen molar-refractivity contribution in [3.63, 3.8) is 0 Å². The van der Waals surface area contributed by atoms with E-state index in [1.165, 1.54) is 12.1 Å². The van der Waals surface area contributed by atoms with Gasteiger partial charge in [-0.2, -0.15) is 0 Å². The van der Waals surface area contributed by atoms with Crippen molar-refractivity contribution in [2.75, 3.05) is 0 Å². The normalized spacial score (nSPS) is 12.0. The molecule has 1 heterocycles. The van der Waals surface area contributed by atoms with E-state index in [2.05, 4.69) is 9.97 Å². The Hall–Kier alpha value is -1.30. The summed E-state index contributed by atoms with van der Waals surface area (Å²) in [5, 5.41) is 9.37. The van der Waals surface area contributed by atoms with Gasteiger partial charge in [-0.05, 0) is 0 Å². The molecule has 0 aliphatic heterocycles. The number of alkyl halides is 3. The molecule has 1 aromatic carbocycles. The van der Waals surface area contributed by atoms with Crippen LogP contribution in [0.5, 0.6) is 0 Å². The second-order valence-corrected chi connectivity index (χ2v) is 7.15. The van der Waals surface area contributed by atoms with Crippen LogP contribution in [-0.4, -0.2) is 36.8 Å². The predicted octanol–water partition coefficient (Wildman–Crippen LogP) is 2.16. The number of rotatable bonds is 3. The van der Waals surface area contributed by atoms with Gasteiger partial charge in [0.15, 0.2) is 0 Å². The van der Waals surface area contributed by atoms with Crippen LogP contribution in [0, 0.1) is 0 Å². The number of carboxylic acid groups (broad SMARTS) is 1. The van der Waals surface area contributed by atoms with Crippen molar-refractivity contribution in [1.82, 2.24) is 9.97 Å². The molecule has 0 aliphatic rings. The summed E-state index contributed by atoms with van der Waals surface area (Å²) < 4.78 is 39.2. The molecule has 0 bridgehead atoms. The van der Waals surface area contributed by atoms with Crippen molar-refractivity contribution < 1.29 is 23.1 Å². The zero-order valence-corrected chi connectivity index (χ0v) is 13.8. The third-order valence-corrected chi connectivity index (χ3v) is 5.14. The van der Waals surface area contributed by atoms with Crippen molar-refractivity contribution in [2.45, 2.75) is 6.18 Å². The molecule has 0 saturated heterocycles. The average Bonchev–Trinajstić information content (AvgIpc) is 2.41. The minimum absolute atomic E-state index is 0.0769. The molecule has 115 valence electrons. The Labute approximate surface area is 139 Å². The van der Waals surface area contributed by atoms with Crippen molar-refractivity contribution >= 4 is 53.9 Å². The van der Waals surface area contributed by atoms with Crippen LogP contribution >= 0.6 is 23.2 Å². The van der Waals surface area contributed by atoms with Crippen LogP contribution in [0.1, 0.15) is 16.1 Å². The van der Waals surface area contributed by atoms with Gasteiger partial charge in [0, 0.05) is 0 Å². The van der Waals surface area contributed by atoms with Crippen molar-refractivity contribution in [3.05, 3.63) is 45.7 Å². The first-order chi connectivity index (χ1) is 10.2. The van der Waals surface area contributed by atoms with Crippen LogP contribution in [-0.2, 0) is 6.18 Å². The van der Waals surface area contributed by atoms with E-state index in [9.17, 15) is 18.0 Å². The molecule has 1 aromatic heterocycles. The topological polar surface area (TPSA) is 63.1 Å². The predicted molar refractivity (Wildman–Crippen MR) is 75.5 cm³/mol. The summed E-state index contributed by atoms with van der Waals surface area (Å²) in [6.45, 7) is 0. The minimum atomic E-state index is -4.87. The Morgan fingerprint density at radius 1 is 1.23 bits per heavy atom. The summed E-state index contributed by atoms with van der Waals surface area (Å²) in [5.74, 6) is -1.73. The number of benzene rings is 1. The van der Waals surface area contributed by atoms with E-state index in [1.54, 1.807) is 6.07 Å². The fraction of sp³-hybridized carbons (Fsp3) is 0.0833. The fourth-order valence-corrected chi connectivity index (χ4v) is 3.69. The van der Waals surface area contributed by atoms with Crippen molar-refractivity contribution in [3.8, 4) is 0 Å². The van der Waals surface area contributed by atoms with Crippen molar-refractivity contribution in [1.29, 1.82) is 0 Å². The molecule has 22 heavy (non-hydrogen) atoms. The Balaban J connectivity index is 2.40. The second-order valence-electron chi connectivity index (χ2n) is 3.95. The number of nitrogens with zero attached hydrogens (tertiary/aromatic N) is 2. The summed E-state index contributed by atoms with van der Waals surface area (Å²) >= 11 is 10.6. The van der Waals surface area contributed by atoms with Gasteiger partial charge in [0.05, 0.1) is 0 Å². The Morgan fingerprint density at radius 3 is 2.45 bits per heavy atom. The van der Waals surface area contributed by atoms with E-state index in [0.717, 1.165) is 0 Å². The summed E-state index contributed by atoms with van der Waals surface area (Å²) in [4.78, 5) is 17.9. The van der Waals surface area contributed by atoms with Crippen LogP contribution < -0.4 is 8.96 Å². The summed E-state index contributed by atoms with van der Waals surface area (Å²) in [6.07, 6.45) is -4.20. The third kappa shape index (κ3) is 3.91. The van der Waals surface area contributed by atoms with Crippen LogP contribution in [0.4, 0.5) is 13.2 Å². The van der Waals surface area contributed by atoms with E-state index in [0.29, 0.717) is 15.6 Å². The SMILES string of the molecule is O=C(O)c1cnc([As]c2ccc(Cl)c(Cl)c2)nc1C(F)(F)F. The molecule has 1 radical (unpaired) electrons. The molecule has 1 N–H and O–H groups in total. The Kier molecular flexibility index (Phi) is 4.99. The molecule has 2 aromatic rings. The molecule has 0 aliphatic carbocycles. The molecule has 0 saturated carbocycles. The molecule has 10 heteroatoms. The van der Waals surface area contributed by atoms with E-state index >= 15 is 0 Å². The molecule has 4 nitrogen and oxygen atoms in total. The molecule has 0 fully saturated rings. The maximum atomic E-state index is 12.9. The quantitative estimate of drug-likeness (QED) is 0.786. The number of hydrogen-bond donors (Lipinski definition) is 1. The monoisotopic (exact) mass is 411 g/mol. The molecular weight excluding hydrogens is 407 g/mol. The van der Waals surface area contributed by atoms with E-state index in [1.807, 2.05) is 0 Å². The van der Waals surface area contributed by atoms with Gasteiger partial charge in [0.25, 0.3) is 0 Å². The number of aromatic carboxylic acids is 1. The fourth-order valence-electron chi connectivity index (χ4n) is 1.47. The zero-order valence-electron chi connectivity index (χ0n) is 10.4. The molecule has 2 rings (SSSR count). The number of halogens is 5. The van der Waals surface area contributed by atoms with Crippen LogP contribution in [0.2, 0.25) is 10.0 Å². The number of carbonyl (C=O) groups is 1. The maximum absolute atomic E-state index is 12.9. The van der Waals surface area contributed by atoms with Crippen LogP contribution in [0.25, 0.3) is 0 Å². The number of aromatic nitrogens is 2. The van der Waals surface area contributed by atoms with Gasteiger partial charge in [-0.15, -0.1) is 0 Å². The molecular formula is C12H5AsCl2F3N2O2. The van der Waals surface area contributed by atoms with Gasteiger partial charge in [-0.3, -0.25) is 0 Å². The van der Waals surface area contributed by atoms with Crippen LogP contribution in [0.3, 0.4) is 0 Å². The number of hydrogen-bond acceptors (Lipinski definition) is 3. The van der Waals surface area contributed by atoms with Gasteiger partial charge >= 0.3 is 139 Å². The first-order valence-corrected chi connectivity index (χ1v) is 8.16. The van der Waals surface area contributed by atoms with Crippen molar-refractivity contribution in [2.24, 2.45) is 0 Å². The molecule has 0 amide bonds. The van der Waals surface area contributed by atoms with Gasteiger partial charge in [-0.25, -0.2) is 0 Å². The Bertz CT molecular complexity index is 741. The standard InChI is InChI=1S/C12H5AsCl2F3N2O2/c14-7-2-1-5(3-8(7)15)13-11-19-4-6(10(21)22)9(20-11)12(16,17)18/h1-4H,(H,21,22). The summed E-state index contributed by atoms with van der Waals surface area (Å²) in [7, 11) is 0. The summed E-state index contributed by atoms with van der Waals surface area (Å²) in [6, 6.07) is 4.65. The number of carboxylic acids is 1. The van der Waals surface area contributed by atoms with Crippen LogP contribution in [0.15, 0.2) is 24.4 Å². The van der Waals surface area contributed by atoms with Gasteiger partial charge < -0.3 is 0 Å². The first kappa shape index (κ1) is 17.1. The molecule has 0 spiro atoms. The molecule has 0 unspecified atom stereocenters. The summed E-state index contributed by atoms with van der Waals surface area (Å²) in [5.41, 5.74) is -2.44. The van der Waals surface area contributed by atoms with E-state index in [4.69, 9.17) is 28.3 Å². The average molecular weight is 412 g/mol. The van der Waals surface area contributed by atoms with Gasteiger partial charge in [0.1, 0.15) is 0 Å². The molecule has 0 atom stereocenters. The third-order valence-electron chi connectivity index (χ3n) is 2.41. The van der Waals surface area contributed by atoms with E-state index < -0.39 is 39.2 Å². The second kappa shape index (κ2) is 6.44. The van der Waals surface area contributed by atoms with Gasteiger partial charge in [-0.1, -0.05) is 0 Å². The Morgan fingerprint density at radius 2 is 1.91 bits per heavy atom. The van der Waals surface area contributed by atoms with E-state index in [-0.39, 0.29) is 9.63 Å². The van der Waals surface area contributed by atoms with Gasteiger partial charge in [0.2, 0.25) is 0 Å².